The number of nitrogens with one attached hydrogen (secondary N) is 1. The van der Waals surface area contributed by atoms with Crippen LogP contribution in [0.5, 0.6) is 0 Å². The Labute approximate surface area is 150 Å². The first-order chi connectivity index (χ1) is 12.6. The highest BCUT2D eigenvalue weighted by atomic mass is 16.3. The van der Waals surface area contributed by atoms with E-state index in [4.69, 9.17) is 5.11 Å². The number of fused-ring (bicyclic) bond motifs is 1. The molecule has 1 aliphatic rings. The van der Waals surface area contributed by atoms with Crippen LogP contribution in [0.15, 0.2) is 47.4 Å². The maximum Gasteiger partial charge on any atom is 0.255 e. The number of hydrogen-bond acceptors (Lipinski definition) is 5. The maximum absolute atomic E-state index is 12.5. The summed E-state index contributed by atoms with van der Waals surface area (Å²) >= 11 is 0. The average molecular weight is 356 g/mol. The fourth-order valence-corrected chi connectivity index (χ4v) is 2.94. The zero-order valence-corrected chi connectivity index (χ0v) is 14.4. The van der Waals surface area contributed by atoms with Gasteiger partial charge in [-0.1, -0.05) is 6.07 Å². The van der Waals surface area contributed by atoms with Crippen LogP contribution in [-0.4, -0.2) is 48.4 Å². The first-order valence-corrected chi connectivity index (χ1v) is 8.25. The Bertz CT molecular complexity index is 893. The molecule has 3 rings (SSSR count). The third-order valence-corrected chi connectivity index (χ3v) is 4.18. The second kappa shape index (κ2) is 7.51. The molecular formula is C18H20N4O4. The number of hydrogen-bond donors (Lipinski definition) is 2. The third-order valence-electron chi connectivity index (χ3n) is 4.18. The molecule has 8 heteroatoms. The molecule has 1 aromatic heterocycles. The van der Waals surface area contributed by atoms with Crippen molar-refractivity contribution >= 4 is 23.2 Å². The quantitative estimate of drug-likeness (QED) is 0.791. The van der Waals surface area contributed by atoms with Gasteiger partial charge in [0.25, 0.3) is 5.56 Å². The van der Waals surface area contributed by atoms with Crippen molar-refractivity contribution in [2.45, 2.75) is 6.42 Å². The molecule has 0 saturated heterocycles. The topological polar surface area (TPSA) is 94.9 Å². The van der Waals surface area contributed by atoms with Gasteiger partial charge in [0.2, 0.25) is 11.8 Å². The monoisotopic (exact) mass is 356 g/mol. The van der Waals surface area contributed by atoms with Crippen LogP contribution in [0, 0.1) is 0 Å². The zero-order chi connectivity index (χ0) is 18.7. The van der Waals surface area contributed by atoms with Crippen molar-refractivity contribution < 1.29 is 14.7 Å². The molecule has 8 nitrogen and oxygen atoms in total. The van der Waals surface area contributed by atoms with Gasteiger partial charge in [0.1, 0.15) is 6.67 Å². The van der Waals surface area contributed by atoms with E-state index in [9.17, 15) is 14.4 Å². The van der Waals surface area contributed by atoms with Gasteiger partial charge in [0.15, 0.2) is 0 Å². The van der Waals surface area contributed by atoms with Crippen LogP contribution < -0.4 is 20.7 Å². The summed E-state index contributed by atoms with van der Waals surface area (Å²) in [5.74, 6) is -0.455. The number of carbonyl (C=O) groups is 2. The van der Waals surface area contributed by atoms with E-state index in [1.807, 2.05) is 0 Å². The number of amides is 2. The fourth-order valence-electron chi connectivity index (χ4n) is 2.94. The molecule has 0 saturated carbocycles. The van der Waals surface area contributed by atoms with E-state index >= 15 is 0 Å². The molecular weight excluding hydrogens is 336 g/mol. The summed E-state index contributed by atoms with van der Waals surface area (Å²) in [6.45, 7) is -0.0502. The average Bonchev–Trinajstić information content (AvgIpc) is 3.01. The van der Waals surface area contributed by atoms with Crippen LogP contribution in [0.25, 0.3) is 5.69 Å². The normalized spacial score (nSPS) is 13.0. The van der Waals surface area contributed by atoms with E-state index in [1.54, 1.807) is 43.6 Å². The van der Waals surface area contributed by atoms with Crippen LogP contribution in [0.3, 0.4) is 0 Å². The molecule has 2 N–H and O–H groups in total. The number of aromatic nitrogens is 1. The lowest BCUT2D eigenvalue weighted by molar-refractivity contribution is -0.119. The molecule has 0 unspecified atom stereocenters. The van der Waals surface area contributed by atoms with Gasteiger partial charge in [-0.2, -0.15) is 0 Å². The van der Waals surface area contributed by atoms with Gasteiger partial charge in [-0.15, -0.1) is 0 Å². The van der Waals surface area contributed by atoms with Crippen LogP contribution in [0.2, 0.25) is 0 Å². The van der Waals surface area contributed by atoms with Gasteiger partial charge in [-0.05, 0) is 31.3 Å². The second-order valence-corrected chi connectivity index (χ2v) is 5.87. The largest absolute Gasteiger partial charge is 0.396 e. The van der Waals surface area contributed by atoms with Crippen molar-refractivity contribution in [1.82, 2.24) is 9.88 Å². The molecule has 26 heavy (non-hydrogen) atoms. The molecule has 136 valence electrons. The minimum absolute atomic E-state index is 0.0204. The molecule has 0 atom stereocenters. The van der Waals surface area contributed by atoms with Gasteiger partial charge >= 0.3 is 0 Å². The number of rotatable bonds is 5. The molecule has 0 bridgehead atoms. The summed E-state index contributed by atoms with van der Waals surface area (Å²) < 4.78 is 1.47. The summed E-state index contributed by atoms with van der Waals surface area (Å²) in [7, 11) is 1.67. The molecule has 0 spiro atoms. The van der Waals surface area contributed by atoms with E-state index in [2.05, 4.69) is 5.32 Å². The lowest BCUT2D eigenvalue weighted by Gasteiger charge is -2.18. The number of nitrogens with zero attached hydrogens (tertiary/aromatic N) is 3. The highest BCUT2D eigenvalue weighted by Gasteiger charge is 2.33. The van der Waals surface area contributed by atoms with Crippen molar-refractivity contribution in [3.8, 4) is 5.69 Å². The molecule has 1 aliphatic heterocycles. The Morgan fingerprint density at radius 2 is 1.88 bits per heavy atom. The van der Waals surface area contributed by atoms with Gasteiger partial charge in [-0.25, -0.2) is 0 Å². The van der Waals surface area contributed by atoms with E-state index in [-0.39, 0.29) is 43.6 Å². The summed E-state index contributed by atoms with van der Waals surface area (Å²) in [6.07, 6.45) is 1.63. The molecule has 2 amide bonds. The summed E-state index contributed by atoms with van der Waals surface area (Å²) in [6, 6.07) is 10.0. The Hall–Kier alpha value is -2.97. The van der Waals surface area contributed by atoms with Crippen LogP contribution in [0.4, 0.5) is 11.4 Å². The Balaban J connectivity index is 2.06. The Morgan fingerprint density at radius 3 is 2.58 bits per heavy atom. The van der Waals surface area contributed by atoms with Gasteiger partial charge in [-0.3, -0.25) is 28.8 Å². The van der Waals surface area contributed by atoms with E-state index in [1.165, 1.54) is 20.4 Å². The van der Waals surface area contributed by atoms with Crippen molar-refractivity contribution in [3.05, 3.63) is 52.9 Å². The number of benzene rings is 1. The summed E-state index contributed by atoms with van der Waals surface area (Å²) in [5, 5.41) is 11.9. The van der Waals surface area contributed by atoms with Gasteiger partial charge < -0.3 is 10.4 Å². The SMILES string of the molecule is CNCC(=O)N1CN(C(=O)CCO)c2ccc(-n3ccccc3=O)cc21. The van der Waals surface area contributed by atoms with Crippen molar-refractivity contribution in [2.24, 2.45) is 0 Å². The number of aliphatic hydroxyl groups excluding tert-OH is 1. The molecule has 2 aromatic rings. The van der Waals surface area contributed by atoms with E-state index in [0.717, 1.165) is 0 Å². The van der Waals surface area contributed by atoms with Crippen LogP contribution in [0.1, 0.15) is 6.42 Å². The highest BCUT2D eigenvalue weighted by molar-refractivity contribution is 6.08. The second-order valence-electron chi connectivity index (χ2n) is 5.87. The Morgan fingerprint density at radius 1 is 1.12 bits per heavy atom. The molecule has 2 heterocycles. The first-order valence-electron chi connectivity index (χ1n) is 8.25. The number of anilines is 2. The van der Waals surface area contributed by atoms with E-state index < -0.39 is 0 Å². The molecule has 1 aromatic carbocycles. The molecule has 0 aliphatic carbocycles. The zero-order valence-electron chi connectivity index (χ0n) is 14.4. The minimum atomic E-state index is -0.266. The Kier molecular flexibility index (Phi) is 5.15. The maximum atomic E-state index is 12.5. The predicted molar refractivity (Wildman–Crippen MR) is 97.5 cm³/mol. The number of aliphatic hydroxyl groups is 1. The van der Waals surface area contributed by atoms with Crippen molar-refractivity contribution in [3.63, 3.8) is 0 Å². The van der Waals surface area contributed by atoms with Gasteiger partial charge in [0.05, 0.1) is 36.6 Å². The number of likely N-dealkylation sites (N-methyl/N-ethyl adjacent to an activating group) is 1. The number of carbonyl (C=O) groups excluding carboxylic acids is 2. The van der Waals surface area contributed by atoms with Crippen LogP contribution >= 0.6 is 0 Å². The highest BCUT2D eigenvalue weighted by Crippen LogP contribution is 2.37. The van der Waals surface area contributed by atoms with Gasteiger partial charge in [0, 0.05) is 12.3 Å². The smallest absolute Gasteiger partial charge is 0.255 e. The molecule has 0 fully saturated rings. The predicted octanol–water partition coefficient (Wildman–Crippen LogP) is 0.0764. The lowest BCUT2D eigenvalue weighted by Crippen LogP contribution is -2.41. The first kappa shape index (κ1) is 17.8. The number of pyridine rings is 1. The molecule has 0 radical (unpaired) electrons. The standard InChI is InChI=1S/C18H20N4O4/c1-19-11-18(26)22-12-21(17(25)7-9-23)14-6-5-13(10-15(14)22)20-8-3-2-4-16(20)24/h2-6,8,10,19,23H,7,9,11-12H2,1H3. The summed E-state index contributed by atoms with van der Waals surface area (Å²) in [5.41, 5.74) is 1.56. The minimum Gasteiger partial charge on any atom is -0.396 e. The van der Waals surface area contributed by atoms with Crippen LogP contribution in [-0.2, 0) is 9.59 Å². The van der Waals surface area contributed by atoms with E-state index in [0.29, 0.717) is 17.1 Å². The van der Waals surface area contributed by atoms with Crippen molar-refractivity contribution in [1.29, 1.82) is 0 Å². The van der Waals surface area contributed by atoms with Crippen molar-refractivity contribution in [2.75, 3.05) is 36.7 Å². The summed E-state index contributed by atoms with van der Waals surface area (Å²) in [4.78, 5) is 39.8. The lowest BCUT2D eigenvalue weighted by atomic mass is 10.2. The third kappa shape index (κ3) is 3.24. The fraction of sp³-hybridized carbons (Fsp3) is 0.278.